The van der Waals surface area contributed by atoms with Crippen molar-refractivity contribution in [3.05, 3.63) is 64.7 Å². The Balaban J connectivity index is 2.02. The minimum Gasteiger partial charge on any atom is -0.457 e. The molecule has 0 saturated carbocycles. The number of nitrogens with one attached hydrogen (secondary N) is 1. The summed E-state index contributed by atoms with van der Waals surface area (Å²) in [4.78, 5) is 12.2. The number of carbonyl (C=O) groups is 1. The van der Waals surface area contributed by atoms with Gasteiger partial charge in [0.1, 0.15) is 6.61 Å². The fraction of sp³-hybridized carbons (Fsp3) is 0.263. The molecule has 6 nitrogen and oxygen atoms in total. The summed E-state index contributed by atoms with van der Waals surface area (Å²) in [6.07, 6.45) is 0.0853. The van der Waals surface area contributed by atoms with Gasteiger partial charge in [-0.1, -0.05) is 23.8 Å². The smallest absolute Gasteiger partial charge is 0.338 e. The fourth-order valence-corrected chi connectivity index (χ4v) is 3.31. The summed E-state index contributed by atoms with van der Waals surface area (Å²) in [6.45, 7) is 4.11. The number of ether oxygens (including phenoxy) is 1. The van der Waals surface area contributed by atoms with Crippen molar-refractivity contribution in [1.82, 2.24) is 4.72 Å². The Hall–Kier alpha value is -2.69. The lowest BCUT2D eigenvalue weighted by Crippen LogP contribution is -2.24. The van der Waals surface area contributed by atoms with Gasteiger partial charge >= 0.3 is 5.97 Å². The van der Waals surface area contributed by atoms with E-state index < -0.39 is 16.0 Å². The van der Waals surface area contributed by atoms with Gasteiger partial charge in [0.2, 0.25) is 10.0 Å². The Bertz CT molecular complexity index is 929. The number of benzene rings is 2. The standard InChI is InChI=1S/C19H20N2O4S/c1-14-4-5-15(2)17(12-14)13-25-19(22)16-6-8-18(9-7-16)26(23,24)21-11-3-10-20/h4-9,12,21H,3,11,13H2,1-2H3. The summed E-state index contributed by atoms with van der Waals surface area (Å²) in [5.41, 5.74) is 3.32. The highest BCUT2D eigenvalue weighted by atomic mass is 32.2. The van der Waals surface area contributed by atoms with Gasteiger partial charge in [-0.15, -0.1) is 0 Å². The van der Waals surface area contributed by atoms with Crippen LogP contribution in [-0.4, -0.2) is 20.9 Å². The third kappa shape index (κ3) is 5.15. The Morgan fingerprint density at radius 2 is 1.85 bits per heavy atom. The van der Waals surface area contributed by atoms with Gasteiger partial charge in [0.25, 0.3) is 0 Å². The molecule has 2 aromatic rings. The summed E-state index contributed by atoms with van der Waals surface area (Å²) >= 11 is 0. The van der Waals surface area contributed by atoms with Crippen LogP contribution in [0.2, 0.25) is 0 Å². The largest absolute Gasteiger partial charge is 0.457 e. The summed E-state index contributed by atoms with van der Waals surface area (Å²) in [6, 6.07) is 13.3. The predicted molar refractivity (Wildman–Crippen MR) is 96.9 cm³/mol. The molecule has 136 valence electrons. The normalized spacial score (nSPS) is 11.0. The van der Waals surface area contributed by atoms with Crippen LogP contribution in [0.1, 0.15) is 33.5 Å². The zero-order valence-electron chi connectivity index (χ0n) is 14.7. The summed E-state index contributed by atoms with van der Waals surface area (Å²) in [5, 5.41) is 8.46. The molecule has 2 rings (SSSR count). The molecule has 0 bridgehead atoms. The maximum atomic E-state index is 12.2. The van der Waals surface area contributed by atoms with Crippen molar-refractivity contribution in [3.63, 3.8) is 0 Å². The van der Waals surface area contributed by atoms with Crippen LogP contribution in [0.15, 0.2) is 47.4 Å². The molecule has 0 radical (unpaired) electrons. The van der Waals surface area contributed by atoms with Crippen molar-refractivity contribution >= 4 is 16.0 Å². The highest BCUT2D eigenvalue weighted by Crippen LogP contribution is 2.15. The second-order valence-electron chi connectivity index (χ2n) is 5.84. The first kappa shape index (κ1) is 19.6. The molecular formula is C19H20N2O4S. The SMILES string of the molecule is Cc1ccc(C)c(COC(=O)c2ccc(S(=O)(=O)NCCC#N)cc2)c1. The van der Waals surface area contributed by atoms with Crippen LogP contribution in [0, 0.1) is 25.2 Å². The zero-order valence-corrected chi connectivity index (χ0v) is 15.5. The first-order valence-corrected chi connectivity index (χ1v) is 9.52. The molecule has 7 heteroatoms. The van der Waals surface area contributed by atoms with Crippen molar-refractivity contribution in [2.24, 2.45) is 0 Å². The number of rotatable bonds is 7. The molecule has 0 unspecified atom stereocenters. The molecule has 0 aliphatic carbocycles. The van der Waals surface area contributed by atoms with Crippen molar-refractivity contribution in [2.45, 2.75) is 31.8 Å². The molecule has 0 aliphatic heterocycles. The van der Waals surface area contributed by atoms with E-state index in [1.807, 2.05) is 38.1 Å². The van der Waals surface area contributed by atoms with Crippen LogP contribution in [0.25, 0.3) is 0 Å². The topological polar surface area (TPSA) is 96.3 Å². The van der Waals surface area contributed by atoms with Gasteiger partial charge in [0.05, 0.1) is 16.5 Å². The van der Waals surface area contributed by atoms with Crippen molar-refractivity contribution in [1.29, 1.82) is 5.26 Å². The van der Waals surface area contributed by atoms with Gasteiger partial charge in [0, 0.05) is 13.0 Å². The number of carbonyl (C=O) groups excluding carboxylic acids is 1. The van der Waals surface area contributed by atoms with Crippen molar-refractivity contribution in [3.8, 4) is 6.07 Å². The third-order valence-electron chi connectivity index (χ3n) is 3.79. The van der Waals surface area contributed by atoms with Gasteiger partial charge in [-0.2, -0.15) is 5.26 Å². The lowest BCUT2D eigenvalue weighted by Gasteiger charge is -2.09. The number of sulfonamides is 1. The molecule has 0 aliphatic rings. The highest BCUT2D eigenvalue weighted by Gasteiger charge is 2.15. The zero-order chi connectivity index (χ0) is 19.2. The molecule has 2 aromatic carbocycles. The van der Waals surface area contributed by atoms with E-state index in [4.69, 9.17) is 10.00 Å². The van der Waals surface area contributed by atoms with Crippen LogP contribution in [-0.2, 0) is 21.4 Å². The first-order valence-electron chi connectivity index (χ1n) is 8.03. The predicted octanol–water partition coefficient (Wildman–Crippen LogP) is 2.85. The summed E-state index contributed by atoms with van der Waals surface area (Å²) in [5.74, 6) is -0.521. The number of nitriles is 1. The van der Waals surface area contributed by atoms with E-state index in [9.17, 15) is 13.2 Å². The maximum Gasteiger partial charge on any atom is 0.338 e. The van der Waals surface area contributed by atoms with Crippen LogP contribution >= 0.6 is 0 Å². The molecule has 0 atom stereocenters. The third-order valence-corrected chi connectivity index (χ3v) is 5.27. The van der Waals surface area contributed by atoms with Crippen LogP contribution in [0.3, 0.4) is 0 Å². The molecule has 0 heterocycles. The number of hydrogen-bond donors (Lipinski definition) is 1. The van der Waals surface area contributed by atoms with Crippen molar-refractivity contribution < 1.29 is 17.9 Å². The molecule has 26 heavy (non-hydrogen) atoms. The average Bonchev–Trinajstić information content (AvgIpc) is 2.62. The van der Waals surface area contributed by atoms with E-state index in [1.165, 1.54) is 24.3 Å². The van der Waals surface area contributed by atoms with E-state index >= 15 is 0 Å². The lowest BCUT2D eigenvalue weighted by molar-refractivity contribution is 0.0472. The Labute approximate surface area is 153 Å². The molecule has 0 aromatic heterocycles. The van der Waals surface area contributed by atoms with Crippen LogP contribution < -0.4 is 4.72 Å². The Morgan fingerprint density at radius 3 is 2.50 bits per heavy atom. The molecule has 0 spiro atoms. The summed E-state index contributed by atoms with van der Waals surface area (Å²) < 4.78 is 31.7. The van der Waals surface area contributed by atoms with Gasteiger partial charge in [-0.3, -0.25) is 0 Å². The molecule has 1 N–H and O–H groups in total. The number of nitrogens with zero attached hydrogens (tertiary/aromatic N) is 1. The Morgan fingerprint density at radius 1 is 1.15 bits per heavy atom. The van der Waals surface area contributed by atoms with Crippen molar-refractivity contribution in [2.75, 3.05) is 6.54 Å². The van der Waals surface area contributed by atoms with E-state index in [0.29, 0.717) is 0 Å². The van der Waals surface area contributed by atoms with Gasteiger partial charge in [-0.25, -0.2) is 17.9 Å². The minimum atomic E-state index is -3.69. The quantitative estimate of drug-likeness (QED) is 0.595. The fourth-order valence-electron chi connectivity index (χ4n) is 2.28. The van der Waals surface area contributed by atoms with E-state index in [1.54, 1.807) is 0 Å². The second-order valence-corrected chi connectivity index (χ2v) is 7.60. The first-order chi connectivity index (χ1) is 12.3. The monoisotopic (exact) mass is 372 g/mol. The Kier molecular flexibility index (Phi) is 6.50. The number of aryl methyl sites for hydroxylation is 2. The number of hydrogen-bond acceptors (Lipinski definition) is 5. The van der Waals surface area contributed by atoms with Gasteiger partial charge < -0.3 is 4.74 Å². The van der Waals surface area contributed by atoms with E-state index in [2.05, 4.69) is 4.72 Å². The molecular weight excluding hydrogens is 352 g/mol. The van der Waals surface area contributed by atoms with Gasteiger partial charge in [0.15, 0.2) is 0 Å². The van der Waals surface area contributed by atoms with Crippen LogP contribution in [0.4, 0.5) is 0 Å². The lowest BCUT2D eigenvalue weighted by atomic mass is 10.1. The maximum absolute atomic E-state index is 12.2. The minimum absolute atomic E-state index is 0.0292. The second kappa shape index (κ2) is 8.61. The van der Waals surface area contributed by atoms with E-state index in [-0.39, 0.29) is 30.0 Å². The van der Waals surface area contributed by atoms with Gasteiger partial charge in [-0.05, 0) is 49.2 Å². The average molecular weight is 372 g/mol. The van der Waals surface area contributed by atoms with Crippen LogP contribution in [0.5, 0.6) is 0 Å². The number of esters is 1. The highest BCUT2D eigenvalue weighted by molar-refractivity contribution is 7.89. The molecule has 0 fully saturated rings. The molecule has 0 saturated heterocycles. The van der Waals surface area contributed by atoms with E-state index in [0.717, 1.165) is 16.7 Å². The molecule has 0 amide bonds. The summed E-state index contributed by atoms with van der Waals surface area (Å²) in [7, 11) is -3.69.